The number of carbonyl (C=O) groups excluding carboxylic acids is 3. The minimum Gasteiger partial charge on any atom is -0.384 e. The number of nitrogens with one attached hydrogen (secondary N) is 3. The van der Waals surface area contributed by atoms with Gasteiger partial charge in [0.05, 0.1) is 26.9 Å². The first-order valence-electron chi connectivity index (χ1n) is 9.70. The average molecular weight is 486 g/mol. The summed E-state index contributed by atoms with van der Waals surface area (Å²) < 4.78 is 4.14. The molecule has 0 saturated heterocycles. The Hall–Kier alpha value is -3.08. The predicted molar refractivity (Wildman–Crippen MR) is 126 cm³/mol. The Labute approximate surface area is 196 Å². The van der Waals surface area contributed by atoms with Gasteiger partial charge >= 0.3 is 6.03 Å². The number of rotatable bonds is 4. The van der Waals surface area contributed by atoms with Gasteiger partial charge in [0, 0.05) is 17.8 Å². The van der Waals surface area contributed by atoms with E-state index in [0.717, 1.165) is 50.8 Å². The van der Waals surface area contributed by atoms with E-state index in [1.54, 1.807) is 12.1 Å². The Kier molecular flexibility index (Phi) is 5.50. The van der Waals surface area contributed by atoms with Gasteiger partial charge in [-0.1, -0.05) is 11.6 Å². The van der Waals surface area contributed by atoms with Crippen LogP contribution in [0.4, 0.5) is 22.0 Å². The van der Waals surface area contributed by atoms with E-state index < -0.39 is 6.03 Å². The summed E-state index contributed by atoms with van der Waals surface area (Å²) in [7, 11) is 0. The maximum Gasteiger partial charge on any atom is 0.329 e. The van der Waals surface area contributed by atoms with Crippen molar-refractivity contribution in [3.63, 3.8) is 0 Å². The third-order valence-electron chi connectivity index (χ3n) is 5.09. The fraction of sp³-hybridized carbons (Fsp3) is 0.143. The van der Waals surface area contributed by atoms with Crippen LogP contribution in [0.15, 0.2) is 46.8 Å². The quantitative estimate of drug-likeness (QED) is 0.375. The van der Waals surface area contributed by atoms with Crippen LogP contribution in [0, 0.1) is 0 Å². The maximum absolute atomic E-state index is 13.1. The minimum atomic E-state index is -0.435. The summed E-state index contributed by atoms with van der Waals surface area (Å²) in [5.74, 6) is -0.502. The first-order valence-corrected chi connectivity index (χ1v) is 11.7. The molecule has 0 fully saturated rings. The van der Waals surface area contributed by atoms with Crippen molar-refractivity contribution in [1.29, 1.82) is 0 Å². The van der Waals surface area contributed by atoms with Gasteiger partial charge in [0.2, 0.25) is 5.91 Å². The number of thiophene rings is 1. The number of halogens is 1. The number of hydrogen-bond donors (Lipinski definition) is 3. The predicted octanol–water partition coefficient (Wildman–Crippen LogP) is 4.32. The van der Waals surface area contributed by atoms with E-state index in [2.05, 4.69) is 20.3 Å². The number of aromatic nitrogens is 1. The lowest BCUT2D eigenvalue weighted by Gasteiger charge is -2.26. The van der Waals surface area contributed by atoms with Crippen LogP contribution in [-0.2, 0) is 17.6 Å². The summed E-state index contributed by atoms with van der Waals surface area (Å²) >= 11 is 8.37. The van der Waals surface area contributed by atoms with Gasteiger partial charge in [0.15, 0.2) is 0 Å². The number of pyridine rings is 1. The van der Waals surface area contributed by atoms with Crippen LogP contribution in [0.1, 0.15) is 21.5 Å². The van der Waals surface area contributed by atoms with E-state index >= 15 is 0 Å². The van der Waals surface area contributed by atoms with Crippen LogP contribution in [0.5, 0.6) is 0 Å². The molecule has 11 heteroatoms. The van der Waals surface area contributed by atoms with Crippen molar-refractivity contribution in [3.8, 4) is 0 Å². The molecule has 162 valence electrons. The van der Waals surface area contributed by atoms with E-state index in [1.807, 2.05) is 18.2 Å². The summed E-state index contributed by atoms with van der Waals surface area (Å²) in [6, 6.07) is 10.0. The third kappa shape index (κ3) is 4.04. The number of amides is 4. The van der Waals surface area contributed by atoms with Gasteiger partial charge in [0.1, 0.15) is 5.82 Å². The van der Waals surface area contributed by atoms with Crippen molar-refractivity contribution in [1.82, 2.24) is 9.71 Å². The molecule has 0 aliphatic carbocycles. The molecule has 3 aromatic rings. The van der Waals surface area contributed by atoms with Gasteiger partial charge < -0.3 is 10.6 Å². The molecule has 5 rings (SSSR count). The van der Waals surface area contributed by atoms with E-state index in [0.29, 0.717) is 15.6 Å². The summed E-state index contributed by atoms with van der Waals surface area (Å²) in [5, 5.41) is 5.93. The van der Waals surface area contributed by atoms with Crippen LogP contribution in [0.25, 0.3) is 0 Å². The Morgan fingerprint density at radius 2 is 2.06 bits per heavy atom. The lowest BCUT2D eigenvalue weighted by molar-refractivity contribution is -0.117. The second kappa shape index (κ2) is 8.45. The molecule has 4 heterocycles. The van der Waals surface area contributed by atoms with Crippen LogP contribution in [0.2, 0.25) is 4.34 Å². The molecule has 32 heavy (non-hydrogen) atoms. The number of fused-ring (bicyclic) bond motifs is 2. The molecule has 4 amide bonds. The number of hydrogen-bond acceptors (Lipinski definition) is 7. The zero-order valence-corrected chi connectivity index (χ0v) is 18.9. The molecule has 0 radical (unpaired) electrons. The highest BCUT2D eigenvalue weighted by molar-refractivity contribution is 7.99. The number of imide groups is 1. The number of nitrogens with zero attached hydrogens (tertiary/aromatic N) is 2. The SMILES string of the molecule is O=C(NSc1ccc(Cl)s1)Nc1ccc(N2C(=O)Cc3cc4c(cc3C2=O)CCN4)nc1. The Morgan fingerprint density at radius 3 is 2.81 bits per heavy atom. The monoisotopic (exact) mass is 485 g/mol. The molecule has 3 N–H and O–H groups in total. The van der Waals surface area contributed by atoms with Gasteiger partial charge in [0.25, 0.3) is 5.91 Å². The van der Waals surface area contributed by atoms with Gasteiger partial charge in [-0.15, -0.1) is 11.3 Å². The van der Waals surface area contributed by atoms with Crippen molar-refractivity contribution >= 4 is 69.9 Å². The van der Waals surface area contributed by atoms with E-state index in [4.69, 9.17) is 11.6 Å². The first-order chi connectivity index (χ1) is 15.5. The second-order valence-corrected chi connectivity index (χ2v) is 10.00. The maximum atomic E-state index is 13.1. The highest BCUT2D eigenvalue weighted by Gasteiger charge is 2.34. The summed E-state index contributed by atoms with van der Waals surface area (Å²) in [5.41, 5.74) is 3.75. The number of urea groups is 1. The molecule has 0 saturated carbocycles. The molecule has 1 aromatic carbocycles. The molecule has 0 atom stereocenters. The number of benzene rings is 1. The number of carbonyl (C=O) groups is 3. The van der Waals surface area contributed by atoms with E-state index in [-0.39, 0.29) is 24.1 Å². The second-order valence-electron chi connectivity index (χ2n) is 7.18. The number of anilines is 3. The van der Waals surface area contributed by atoms with E-state index in [1.165, 1.54) is 23.6 Å². The summed E-state index contributed by atoms with van der Waals surface area (Å²) in [6.45, 7) is 0.827. The van der Waals surface area contributed by atoms with Crippen LogP contribution < -0.4 is 20.3 Å². The zero-order valence-electron chi connectivity index (χ0n) is 16.5. The molecule has 0 spiro atoms. The summed E-state index contributed by atoms with van der Waals surface area (Å²) in [6.07, 6.45) is 2.39. The van der Waals surface area contributed by atoms with Crippen molar-refractivity contribution < 1.29 is 14.4 Å². The van der Waals surface area contributed by atoms with Gasteiger partial charge in [-0.25, -0.2) is 14.7 Å². The molecule has 2 aromatic heterocycles. The fourth-order valence-corrected chi connectivity index (χ4v) is 5.50. The largest absolute Gasteiger partial charge is 0.384 e. The Morgan fingerprint density at radius 1 is 1.19 bits per heavy atom. The Bertz CT molecular complexity index is 1240. The highest BCUT2D eigenvalue weighted by Crippen LogP contribution is 2.32. The lowest BCUT2D eigenvalue weighted by atomic mass is 9.95. The smallest absolute Gasteiger partial charge is 0.329 e. The van der Waals surface area contributed by atoms with Crippen molar-refractivity contribution in [2.45, 2.75) is 17.1 Å². The topological polar surface area (TPSA) is 103 Å². The first kappa shape index (κ1) is 20.8. The standard InChI is InChI=1S/C21H16ClN5O3S2/c22-16-2-4-19(31-16)32-26-21(30)25-13-1-3-17(24-10-13)27-18(28)9-12-8-15-11(5-6-23-15)7-14(12)20(27)29/h1-4,7-8,10,23H,5-6,9H2,(H2,25,26,30). The molecule has 0 bridgehead atoms. The fourth-order valence-electron chi connectivity index (χ4n) is 3.64. The van der Waals surface area contributed by atoms with Gasteiger partial charge in [-0.05, 0) is 65.9 Å². The summed E-state index contributed by atoms with van der Waals surface area (Å²) in [4.78, 5) is 43.2. The van der Waals surface area contributed by atoms with Crippen LogP contribution in [0.3, 0.4) is 0 Å². The molecular formula is C21H16ClN5O3S2. The molecule has 2 aliphatic rings. The molecular weight excluding hydrogens is 470 g/mol. The average Bonchev–Trinajstić information content (AvgIpc) is 3.40. The van der Waals surface area contributed by atoms with Crippen molar-refractivity contribution in [2.75, 3.05) is 22.1 Å². The highest BCUT2D eigenvalue weighted by atomic mass is 35.5. The van der Waals surface area contributed by atoms with Crippen molar-refractivity contribution in [3.05, 3.63) is 63.6 Å². The van der Waals surface area contributed by atoms with Crippen molar-refractivity contribution in [2.24, 2.45) is 0 Å². The third-order valence-corrected chi connectivity index (χ3v) is 7.24. The lowest BCUT2D eigenvalue weighted by Crippen LogP contribution is -2.43. The Balaban J connectivity index is 1.28. The zero-order chi connectivity index (χ0) is 22.2. The normalized spacial score (nSPS) is 14.6. The minimum absolute atomic E-state index is 0.129. The van der Waals surface area contributed by atoms with Crippen LogP contribution >= 0.6 is 34.9 Å². The molecule has 8 nitrogen and oxygen atoms in total. The van der Waals surface area contributed by atoms with Gasteiger partial charge in [-0.3, -0.25) is 14.3 Å². The van der Waals surface area contributed by atoms with E-state index in [9.17, 15) is 14.4 Å². The molecule has 2 aliphatic heterocycles. The molecule has 0 unspecified atom stereocenters. The van der Waals surface area contributed by atoms with Gasteiger partial charge in [-0.2, -0.15) is 0 Å². The van der Waals surface area contributed by atoms with Crippen LogP contribution in [-0.4, -0.2) is 29.4 Å².